The minimum absolute atomic E-state index is 0.278. The molecule has 0 radical (unpaired) electrons. The molecule has 0 aliphatic carbocycles. The minimum Gasteiger partial charge on any atom is -0.340 e. The van der Waals surface area contributed by atoms with Gasteiger partial charge in [-0.05, 0) is 30.5 Å². The topological polar surface area (TPSA) is 82.4 Å². The Balaban J connectivity index is 1.99. The number of H-pyrrole nitrogens is 1. The number of nitriles is 1. The van der Waals surface area contributed by atoms with E-state index in [2.05, 4.69) is 15.0 Å². The first-order valence-corrected chi connectivity index (χ1v) is 7.84. The molecule has 2 aromatic heterocycles. The van der Waals surface area contributed by atoms with Crippen LogP contribution in [-0.2, 0) is 0 Å². The predicted molar refractivity (Wildman–Crippen MR) is 84.8 cm³/mol. The van der Waals surface area contributed by atoms with Gasteiger partial charge in [-0.3, -0.25) is 4.79 Å². The fourth-order valence-electron chi connectivity index (χ4n) is 2.19. The van der Waals surface area contributed by atoms with Gasteiger partial charge in [-0.15, -0.1) is 11.8 Å². The molecule has 0 spiro atoms. The Kier molecular flexibility index (Phi) is 3.90. The molecule has 2 heterocycles. The van der Waals surface area contributed by atoms with Crippen molar-refractivity contribution in [1.82, 2.24) is 15.0 Å². The predicted octanol–water partition coefficient (Wildman–Crippen LogP) is 3.17. The van der Waals surface area contributed by atoms with Crippen LogP contribution < -0.4 is 0 Å². The molecule has 0 saturated carbocycles. The van der Waals surface area contributed by atoms with Crippen molar-refractivity contribution < 1.29 is 4.79 Å². The van der Waals surface area contributed by atoms with Crippen LogP contribution in [0.5, 0.6) is 0 Å². The number of ketones is 1. The van der Waals surface area contributed by atoms with Crippen molar-refractivity contribution in [2.45, 2.75) is 10.9 Å². The monoisotopic (exact) mass is 308 g/mol. The third-order valence-electron chi connectivity index (χ3n) is 3.30. The van der Waals surface area contributed by atoms with Crippen molar-refractivity contribution in [3.8, 4) is 6.07 Å². The van der Waals surface area contributed by atoms with E-state index in [9.17, 15) is 10.1 Å². The molecule has 22 heavy (non-hydrogen) atoms. The number of aromatic amines is 1. The number of hydrogen-bond donors (Lipinski definition) is 1. The van der Waals surface area contributed by atoms with Crippen molar-refractivity contribution in [1.29, 1.82) is 5.26 Å². The summed E-state index contributed by atoms with van der Waals surface area (Å²) >= 11 is 1.45. The van der Waals surface area contributed by atoms with Crippen LogP contribution in [0.2, 0.25) is 0 Å². The second-order valence-electron chi connectivity index (χ2n) is 4.65. The average Bonchev–Trinajstić information content (AvgIpc) is 2.99. The van der Waals surface area contributed by atoms with Gasteiger partial charge in [-0.2, -0.15) is 5.26 Å². The van der Waals surface area contributed by atoms with E-state index in [1.54, 1.807) is 18.3 Å². The summed E-state index contributed by atoms with van der Waals surface area (Å²) in [5.41, 5.74) is 2.02. The zero-order chi connectivity index (χ0) is 15.5. The molecular formula is C16H12N4OS. The van der Waals surface area contributed by atoms with Crippen molar-refractivity contribution in [3.05, 3.63) is 54.0 Å². The number of nitrogens with one attached hydrogen (secondary N) is 1. The number of para-hydroxylation sites is 2. The second-order valence-corrected chi connectivity index (χ2v) is 5.48. The minimum atomic E-state index is -0.954. The number of Topliss-reactive ketones (excluding diaryl/α,β-unsaturated/α-hetero) is 1. The van der Waals surface area contributed by atoms with Crippen LogP contribution in [0.1, 0.15) is 22.1 Å². The largest absolute Gasteiger partial charge is 0.340 e. The fraction of sp³-hybridized carbons (Fsp3) is 0.125. The van der Waals surface area contributed by atoms with E-state index in [4.69, 9.17) is 0 Å². The van der Waals surface area contributed by atoms with Gasteiger partial charge in [-0.25, -0.2) is 9.97 Å². The number of pyridine rings is 1. The highest BCUT2D eigenvalue weighted by atomic mass is 32.2. The number of thioether (sulfide) groups is 1. The molecule has 108 valence electrons. The molecule has 0 saturated heterocycles. The lowest BCUT2D eigenvalue weighted by atomic mass is 9.99. The first-order valence-electron chi connectivity index (χ1n) is 6.61. The third-order valence-corrected chi connectivity index (χ3v) is 3.94. The first kappa shape index (κ1) is 14.3. The molecule has 1 N–H and O–H groups in total. The Hall–Kier alpha value is -2.65. The lowest BCUT2D eigenvalue weighted by Gasteiger charge is -2.06. The summed E-state index contributed by atoms with van der Waals surface area (Å²) < 4.78 is 0. The zero-order valence-corrected chi connectivity index (χ0v) is 12.6. The summed E-state index contributed by atoms with van der Waals surface area (Å²) in [6.07, 6.45) is 3.46. The van der Waals surface area contributed by atoms with E-state index in [1.165, 1.54) is 11.8 Å². The summed E-state index contributed by atoms with van der Waals surface area (Å²) in [4.78, 5) is 24.1. The van der Waals surface area contributed by atoms with E-state index >= 15 is 0 Å². The van der Waals surface area contributed by atoms with Gasteiger partial charge in [0.1, 0.15) is 5.82 Å². The number of fused-ring (bicyclic) bond motifs is 1. The molecule has 0 aliphatic heterocycles. The van der Waals surface area contributed by atoms with E-state index in [0.717, 1.165) is 16.1 Å². The Bertz CT molecular complexity index is 848. The molecule has 3 aromatic rings. The number of carbonyl (C=O) groups is 1. The zero-order valence-electron chi connectivity index (χ0n) is 11.8. The van der Waals surface area contributed by atoms with Crippen LogP contribution in [0.4, 0.5) is 0 Å². The van der Waals surface area contributed by atoms with Gasteiger partial charge in [0.25, 0.3) is 0 Å². The summed E-state index contributed by atoms with van der Waals surface area (Å²) in [5, 5.41) is 10.2. The Labute approximate surface area is 131 Å². The molecule has 0 unspecified atom stereocenters. The molecule has 0 fully saturated rings. The maximum absolute atomic E-state index is 12.6. The Morgan fingerprint density at radius 3 is 2.91 bits per heavy atom. The Morgan fingerprint density at radius 1 is 1.36 bits per heavy atom. The number of hydrogen-bond acceptors (Lipinski definition) is 5. The van der Waals surface area contributed by atoms with Crippen LogP contribution in [0.15, 0.2) is 47.6 Å². The number of carbonyl (C=O) groups excluding carboxylic acids is 1. The smallest absolute Gasteiger partial charge is 0.187 e. The lowest BCUT2D eigenvalue weighted by molar-refractivity contribution is 0.0976. The van der Waals surface area contributed by atoms with Crippen LogP contribution in [-0.4, -0.2) is 27.0 Å². The molecule has 1 atom stereocenters. The molecule has 0 amide bonds. The standard InChI is InChI=1S/C16H12N4OS/c1-22-14-8-10(6-7-18-14)15(21)11(9-17)16-19-12-4-2-3-5-13(12)20-16/h2-8,11H,1H3,(H,19,20)/t11-/m0/s1. The van der Waals surface area contributed by atoms with Crippen molar-refractivity contribution in [3.63, 3.8) is 0 Å². The van der Waals surface area contributed by atoms with Crippen molar-refractivity contribution >= 4 is 28.6 Å². The van der Waals surface area contributed by atoms with Gasteiger partial charge in [0.05, 0.1) is 22.1 Å². The quantitative estimate of drug-likeness (QED) is 0.591. The first-order chi connectivity index (χ1) is 10.7. The fourth-order valence-corrected chi connectivity index (χ4v) is 2.61. The highest BCUT2D eigenvalue weighted by Gasteiger charge is 2.25. The van der Waals surface area contributed by atoms with Crippen molar-refractivity contribution in [2.75, 3.05) is 6.26 Å². The number of rotatable bonds is 4. The van der Waals surface area contributed by atoms with Crippen molar-refractivity contribution in [2.24, 2.45) is 0 Å². The molecular weight excluding hydrogens is 296 g/mol. The van der Waals surface area contributed by atoms with Crippen LogP contribution in [0, 0.1) is 11.3 Å². The number of imidazole rings is 1. The molecule has 6 heteroatoms. The summed E-state index contributed by atoms with van der Waals surface area (Å²) in [7, 11) is 0. The van der Waals surface area contributed by atoms with Gasteiger partial charge in [0.2, 0.25) is 0 Å². The van der Waals surface area contributed by atoms with Gasteiger partial charge < -0.3 is 4.98 Å². The second kappa shape index (κ2) is 6.00. The van der Waals surface area contributed by atoms with E-state index in [-0.39, 0.29) is 5.78 Å². The Morgan fingerprint density at radius 2 is 2.18 bits per heavy atom. The van der Waals surface area contributed by atoms with Crippen LogP contribution >= 0.6 is 11.8 Å². The van der Waals surface area contributed by atoms with Gasteiger partial charge >= 0.3 is 0 Å². The summed E-state index contributed by atoms with van der Waals surface area (Å²) in [5.74, 6) is -0.861. The summed E-state index contributed by atoms with van der Waals surface area (Å²) in [6.45, 7) is 0. The molecule has 3 rings (SSSR count). The van der Waals surface area contributed by atoms with Gasteiger partial charge in [0, 0.05) is 11.8 Å². The van der Waals surface area contributed by atoms with Crippen LogP contribution in [0.25, 0.3) is 11.0 Å². The lowest BCUT2D eigenvalue weighted by Crippen LogP contribution is -2.13. The molecule has 0 bridgehead atoms. The van der Waals surface area contributed by atoms with E-state index in [1.807, 2.05) is 36.6 Å². The molecule has 0 aliphatic rings. The van der Waals surface area contributed by atoms with Gasteiger partial charge in [0.15, 0.2) is 11.7 Å². The third kappa shape index (κ3) is 2.59. The normalized spacial score (nSPS) is 12.0. The number of aromatic nitrogens is 3. The highest BCUT2D eigenvalue weighted by molar-refractivity contribution is 7.98. The summed E-state index contributed by atoms with van der Waals surface area (Å²) in [6, 6.07) is 12.8. The molecule has 5 nitrogen and oxygen atoms in total. The SMILES string of the molecule is CSc1cc(C(=O)[C@H](C#N)c2nc3ccccc3[nH]2)ccn1. The average molecular weight is 308 g/mol. The maximum atomic E-state index is 12.6. The van der Waals surface area contributed by atoms with Crippen LogP contribution in [0.3, 0.4) is 0 Å². The molecule has 1 aromatic carbocycles. The van der Waals surface area contributed by atoms with Gasteiger partial charge in [-0.1, -0.05) is 12.1 Å². The number of benzene rings is 1. The highest BCUT2D eigenvalue weighted by Crippen LogP contribution is 2.22. The number of nitrogens with zero attached hydrogens (tertiary/aromatic N) is 3. The van der Waals surface area contributed by atoms with E-state index in [0.29, 0.717) is 11.4 Å². The maximum Gasteiger partial charge on any atom is 0.187 e. The van der Waals surface area contributed by atoms with E-state index < -0.39 is 5.92 Å².